The van der Waals surface area contributed by atoms with Gasteiger partial charge in [0.15, 0.2) is 0 Å². The van der Waals surface area contributed by atoms with E-state index in [4.69, 9.17) is 29.9 Å². The summed E-state index contributed by atoms with van der Waals surface area (Å²) < 4.78 is 0. The Balaban J connectivity index is 1.07. The van der Waals surface area contributed by atoms with Crippen molar-refractivity contribution in [1.29, 1.82) is 0 Å². The lowest BCUT2D eigenvalue weighted by molar-refractivity contribution is 0.353. The molecule has 1 saturated carbocycles. The predicted molar refractivity (Wildman–Crippen MR) is 485 cm³/mol. The molecule has 6 aromatic heterocycles. The lowest BCUT2D eigenvalue weighted by atomic mass is 9.66. The van der Waals surface area contributed by atoms with Gasteiger partial charge in [0, 0.05) is 102 Å². The molecule has 12 aromatic rings. The van der Waals surface area contributed by atoms with Crippen LogP contribution in [0.2, 0.25) is 0 Å². The van der Waals surface area contributed by atoms with Gasteiger partial charge >= 0.3 is 0 Å². The van der Waals surface area contributed by atoms with Gasteiger partial charge in [-0.15, -0.1) is 0 Å². The minimum atomic E-state index is -0.213. The molecule has 0 spiro atoms. The summed E-state index contributed by atoms with van der Waals surface area (Å²) in [6, 6.07) is 77.6. The summed E-state index contributed by atoms with van der Waals surface area (Å²) >= 11 is 0. The molecule has 0 unspecified atom stereocenters. The summed E-state index contributed by atoms with van der Waals surface area (Å²) in [5.41, 5.74) is 33.4. The molecule has 6 nitrogen and oxygen atoms in total. The second-order valence-corrected chi connectivity index (χ2v) is 42.3. The Labute approximate surface area is 685 Å². The number of hydrogen-bond donors (Lipinski definition) is 0. The molecule has 0 atom stereocenters. The van der Waals surface area contributed by atoms with E-state index >= 15 is 0 Å². The number of aromatic nitrogens is 6. The molecule has 0 bridgehead atoms. The summed E-state index contributed by atoms with van der Waals surface area (Å²) in [5, 5.41) is 0. The van der Waals surface area contributed by atoms with E-state index in [1.54, 1.807) is 0 Å². The summed E-state index contributed by atoms with van der Waals surface area (Å²) in [6.07, 6.45) is 8.76. The van der Waals surface area contributed by atoms with Crippen LogP contribution < -0.4 is 0 Å². The highest BCUT2D eigenvalue weighted by molar-refractivity contribution is 5.92. The van der Waals surface area contributed by atoms with Gasteiger partial charge in [-0.2, -0.15) is 0 Å². The summed E-state index contributed by atoms with van der Waals surface area (Å²) in [5.74, 6) is 0.320. The molecule has 0 radical (unpaired) electrons. The van der Waals surface area contributed by atoms with E-state index in [1.165, 1.54) is 83.5 Å². The first-order chi connectivity index (χ1) is 53.1. The van der Waals surface area contributed by atoms with Gasteiger partial charge in [-0.3, -0.25) is 29.9 Å². The quantitative estimate of drug-likeness (QED) is 0.121. The number of hydrogen-bond acceptors (Lipinski definition) is 6. The zero-order valence-corrected chi connectivity index (χ0v) is 73.8. The first-order valence-electron chi connectivity index (χ1n) is 41.9. The van der Waals surface area contributed by atoms with Gasteiger partial charge in [0.25, 0.3) is 0 Å². The molecular formula is C108H126N6. The van der Waals surface area contributed by atoms with Crippen molar-refractivity contribution in [2.75, 3.05) is 0 Å². The van der Waals surface area contributed by atoms with Crippen LogP contribution in [-0.2, 0) is 48.7 Å². The summed E-state index contributed by atoms with van der Waals surface area (Å²) in [7, 11) is 0. The minimum absolute atomic E-state index is 0.0597. The van der Waals surface area contributed by atoms with Crippen LogP contribution >= 0.6 is 0 Å². The molecule has 0 amide bonds. The summed E-state index contributed by atoms with van der Waals surface area (Å²) in [4.78, 5) is 31.8. The normalized spacial score (nSPS) is 15.7. The Hall–Kier alpha value is -9.78. The molecule has 0 aliphatic heterocycles. The second-order valence-electron chi connectivity index (χ2n) is 42.3. The molecule has 0 saturated heterocycles. The van der Waals surface area contributed by atoms with Crippen LogP contribution in [0, 0.1) is 0 Å². The first kappa shape index (κ1) is 82.2. The number of pyridine rings is 6. The third-order valence-electron chi connectivity index (χ3n) is 23.6. The molecule has 6 aromatic carbocycles. The molecule has 13 rings (SSSR count). The third kappa shape index (κ3) is 17.9. The number of rotatable bonds is 12. The smallest absolute Gasteiger partial charge is 0.0705 e. The van der Waals surface area contributed by atoms with Gasteiger partial charge in [0.05, 0.1) is 17.1 Å². The average molecular weight is 1510 g/mol. The van der Waals surface area contributed by atoms with Gasteiger partial charge in [0.2, 0.25) is 0 Å². The summed E-state index contributed by atoms with van der Waals surface area (Å²) in [6.45, 7) is 61.9. The highest BCUT2D eigenvalue weighted by atomic mass is 14.8. The fraction of sp³-hybridized carbons (Fsp3) is 0.389. The van der Waals surface area contributed by atoms with Gasteiger partial charge in [0.1, 0.15) is 0 Å². The Morgan fingerprint density at radius 1 is 0.202 bits per heavy atom. The monoisotopic (exact) mass is 1510 g/mol. The van der Waals surface area contributed by atoms with Crippen molar-refractivity contribution in [2.45, 2.75) is 273 Å². The van der Waals surface area contributed by atoms with Crippen LogP contribution in [0.15, 0.2) is 219 Å². The topological polar surface area (TPSA) is 77.3 Å². The predicted octanol–water partition coefficient (Wildman–Crippen LogP) is 29.6. The molecule has 114 heavy (non-hydrogen) atoms. The fourth-order valence-corrected chi connectivity index (χ4v) is 16.4. The van der Waals surface area contributed by atoms with Crippen LogP contribution in [0.4, 0.5) is 0 Å². The van der Waals surface area contributed by atoms with E-state index in [1.807, 2.05) is 18.6 Å². The van der Waals surface area contributed by atoms with Crippen LogP contribution in [0.25, 0.3) is 101 Å². The van der Waals surface area contributed by atoms with Crippen molar-refractivity contribution >= 4 is 0 Å². The van der Waals surface area contributed by atoms with E-state index in [0.29, 0.717) is 0 Å². The largest absolute Gasteiger partial charge is 0.257 e. The lowest BCUT2D eigenvalue weighted by Gasteiger charge is -2.38. The molecule has 6 heterocycles. The van der Waals surface area contributed by atoms with Gasteiger partial charge in [-0.05, 0) is 244 Å². The van der Waals surface area contributed by atoms with E-state index in [0.717, 1.165) is 104 Å². The molecule has 0 N–H and O–H groups in total. The number of benzene rings is 6. The molecule has 588 valence electrons. The Morgan fingerprint density at radius 2 is 0.421 bits per heavy atom. The Morgan fingerprint density at radius 3 is 0.632 bits per heavy atom. The minimum Gasteiger partial charge on any atom is -0.257 e. The van der Waals surface area contributed by atoms with E-state index < -0.39 is 0 Å². The van der Waals surface area contributed by atoms with Crippen molar-refractivity contribution in [3.63, 3.8) is 0 Å². The van der Waals surface area contributed by atoms with Crippen LogP contribution in [0.3, 0.4) is 0 Å². The molecule has 6 heteroatoms. The highest BCUT2D eigenvalue weighted by Crippen LogP contribution is 2.55. The van der Waals surface area contributed by atoms with Crippen molar-refractivity contribution < 1.29 is 0 Å². The van der Waals surface area contributed by atoms with Gasteiger partial charge in [-0.1, -0.05) is 296 Å². The third-order valence-corrected chi connectivity index (χ3v) is 23.6. The van der Waals surface area contributed by atoms with E-state index in [-0.39, 0.29) is 66.5 Å². The van der Waals surface area contributed by atoms with Gasteiger partial charge < -0.3 is 0 Å². The Kier molecular flexibility index (Phi) is 22.0. The van der Waals surface area contributed by atoms with Crippen molar-refractivity contribution in [2.24, 2.45) is 0 Å². The van der Waals surface area contributed by atoms with Crippen molar-refractivity contribution in [3.8, 4) is 101 Å². The standard InChI is InChI=1S/C108H126N6/c1-100(2,3)76-46-49-109-91(64-76)67-40-43-85(88(55-67)73-58-94(103(10,11)12)112-95(59-73)104(13,14)15)82-37-31-28-34-79(82)70-52-71(80-35-29-32-38-83(80)86-44-41-68(92-65-77(47-50-110-92)101(4,5)6)56-89(86)74-60-96(105(16,17)18)113-97(61-74)106(19,20)21)54-72(53-70)81-36-30-33-39-84(81)87-45-42-69(93-66-78(48-51-111-93)102(7,8)9)57-90(87)75-62-98(107(22,23)24)114-99(63-75)108(25,26)27/h28-51,55-66,70-72H,52-54H2,1-27H3. The highest BCUT2D eigenvalue weighted by Gasteiger charge is 2.38. The zero-order valence-electron chi connectivity index (χ0n) is 73.8. The van der Waals surface area contributed by atoms with Crippen molar-refractivity contribution in [1.82, 2.24) is 29.9 Å². The van der Waals surface area contributed by atoms with Crippen LogP contribution in [0.1, 0.15) is 292 Å². The molecule has 1 aliphatic rings. The van der Waals surface area contributed by atoms with Crippen molar-refractivity contribution in [3.05, 3.63) is 286 Å². The fourth-order valence-electron chi connectivity index (χ4n) is 16.4. The molecule has 1 fully saturated rings. The first-order valence-corrected chi connectivity index (χ1v) is 41.9. The van der Waals surface area contributed by atoms with E-state index in [9.17, 15) is 0 Å². The lowest BCUT2D eigenvalue weighted by Crippen LogP contribution is -2.21. The zero-order chi connectivity index (χ0) is 82.4. The van der Waals surface area contributed by atoms with Gasteiger partial charge in [-0.25, -0.2) is 0 Å². The van der Waals surface area contributed by atoms with Crippen LogP contribution in [-0.4, -0.2) is 29.9 Å². The molecular weight excluding hydrogens is 1380 g/mol. The molecule has 1 aliphatic carbocycles. The maximum Gasteiger partial charge on any atom is 0.0705 e. The van der Waals surface area contributed by atoms with E-state index in [2.05, 4.69) is 387 Å². The second kappa shape index (κ2) is 30.4. The maximum atomic E-state index is 5.48. The number of nitrogens with zero attached hydrogens (tertiary/aromatic N) is 6. The average Bonchev–Trinajstić information content (AvgIpc) is 0.753. The maximum absolute atomic E-state index is 5.48. The SMILES string of the molecule is CC(C)(C)c1ccnc(-c2ccc(-c3ccccc3C3CC(c4ccccc4-c4ccc(-c5cc(C(C)(C)C)ccn5)cc4-c4cc(C(C)(C)C)nc(C(C)(C)C)c4)CC(c4ccccc4-c4ccc(-c5cc(C(C)(C)C)ccn5)cc4-c4cc(C(C)(C)C)nc(C(C)(C)C)c4)C3)c(-c3cc(C(C)(C)C)nc(C(C)(C)C)c3)c2)c1. The Bertz CT molecular complexity index is 4910. The van der Waals surface area contributed by atoms with Crippen LogP contribution in [0.5, 0.6) is 0 Å².